The highest BCUT2D eigenvalue weighted by Crippen LogP contribution is 2.30. The molecule has 1 heterocycles. The van der Waals surface area contributed by atoms with Gasteiger partial charge in [0.25, 0.3) is 5.56 Å². The number of nitrogens with zero attached hydrogens (tertiary/aromatic N) is 2. The molecule has 0 aliphatic carbocycles. The van der Waals surface area contributed by atoms with E-state index in [1.54, 1.807) is 13.0 Å². The van der Waals surface area contributed by atoms with Crippen LogP contribution in [-0.2, 0) is 0 Å². The fraction of sp³-hybridized carbons (Fsp3) is 0.154. The lowest BCUT2D eigenvalue weighted by atomic mass is 10.1. The van der Waals surface area contributed by atoms with E-state index in [0.29, 0.717) is 16.4 Å². The largest absolute Gasteiger partial charge is 0.301 e. The van der Waals surface area contributed by atoms with E-state index >= 15 is 0 Å². The molecule has 1 N–H and O–H groups in total. The standard InChI is InChI=1S/C13H11N3OS/c1-8-4-3-5-10(7-14)12(8)18-13-15-9(2)6-11(17)16-13/h3-6H,1-2H3,(H,15,16,17). The quantitative estimate of drug-likeness (QED) is 0.839. The van der Waals surface area contributed by atoms with Crippen LogP contribution in [-0.4, -0.2) is 9.97 Å². The van der Waals surface area contributed by atoms with Crippen molar-refractivity contribution in [3.8, 4) is 6.07 Å². The maximum atomic E-state index is 11.4. The third-order valence-electron chi connectivity index (χ3n) is 2.38. The number of aromatic nitrogens is 2. The summed E-state index contributed by atoms with van der Waals surface area (Å²) in [5.74, 6) is 0. The summed E-state index contributed by atoms with van der Waals surface area (Å²) in [4.78, 5) is 19.1. The molecule has 0 saturated heterocycles. The van der Waals surface area contributed by atoms with Crippen molar-refractivity contribution in [3.05, 3.63) is 51.4 Å². The van der Waals surface area contributed by atoms with Gasteiger partial charge in [0.15, 0.2) is 5.16 Å². The molecule has 0 aliphatic heterocycles. The Morgan fingerprint density at radius 2 is 2.17 bits per heavy atom. The van der Waals surface area contributed by atoms with E-state index < -0.39 is 0 Å². The van der Waals surface area contributed by atoms with Gasteiger partial charge in [0.1, 0.15) is 6.07 Å². The summed E-state index contributed by atoms with van der Waals surface area (Å²) < 4.78 is 0. The molecule has 4 nitrogen and oxygen atoms in total. The smallest absolute Gasteiger partial charge is 0.251 e. The Bertz CT molecular complexity index is 685. The lowest BCUT2D eigenvalue weighted by molar-refractivity contribution is 0.904. The Morgan fingerprint density at radius 3 is 2.83 bits per heavy atom. The molecule has 0 radical (unpaired) electrons. The number of rotatable bonds is 2. The fourth-order valence-electron chi connectivity index (χ4n) is 1.57. The molecular formula is C13H11N3OS. The predicted octanol–water partition coefficient (Wildman–Crippen LogP) is 2.41. The second kappa shape index (κ2) is 5.07. The molecule has 0 fully saturated rings. The number of hydrogen-bond acceptors (Lipinski definition) is 4. The van der Waals surface area contributed by atoms with Crippen LogP contribution in [0.2, 0.25) is 0 Å². The van der Waals surface area contributed by atoms with Gasteiger partial charge in [-0.25, -0.2) is 4.98 Å². The average Bonchev–Trinajstić information content (AvgIpc) is 2.30. The maximum absolute atomic E-state index is 11.4. The molecule has 0 spiro atoms. The summed E-state index contributed by atoms with van der Waals surface area (Å²) >= 11 is 1.30. The van der Waals surface area contributed by atoms with E-state index in [-0.39, 0.29) is 5.56 Å². The SMILES string of the molecule is Cc1cc(=O)[nH]c(Sc2c(C)cccc2C#N)n1. The van der Waals surface area contributed by atoms with Crippen molar-refractivity contribution in [3.63, 3.8) is 0 Å². The molecule has 2 rings (SSSR count). The first-order valence-electron chi connectivity index (χ1n) is 5.35. The molecule has 0 bridgehead atoms. The van der Waals surface area contributed by atoms with Gasteiger partial charge >= 0.3 is 0 Å². The molecule has 0 unspecified atom stereocenters. The Balaban J connectivity index is 2.46. The second-order valence-electron chi connectivity index (χ2n) is 3.86. The zero-order valence-corrected chi connectivity index (χ0v) is 10.8. The number of nitrogens with one attached hydrogen (secondary N) is 1. The molecule has 1 aromatic heterocycles. The van der Waals surface area contributed by atoms with E-state index in [1.165, 1.54) is 17.8 Å². The van der Waals surface area contributed by atoms with Gasteiger partial charge in [0.05, 0.1) is 5.56 Å². The van der Waals surface area contributed by atoms with Crippen LogP contribution in [0, 0.1) is 25.2 Å². The Hall–Kier alpha value is -2.06. The number of aromatic amines is 1. The van der Waals surface area contributed by atoms with Crippen molar-refractivity contribution < 1.29 is 0 Å². The number of nitriles is 1. The number of hydrogen-bond donors (Lipinski definition) is 1. The number of H-pyrrole nitrogens is 1. The van der Waals surface area contributed by atoms with Gasteiger partial charge in [-0.15, -0.1) is 0 Å². The summed E-state index contributed by atoms with van der Waals surface area (Å²) in [5, 5.41) is 9.58. The summed E-state index contributed by atoms with van der Waals surface area (Å²) in [6.07, 6.45) is 0. The lowest BCUT2D eigenvalue weighted by Crippen LogP contribution is -2.08. The molecule has 90 valence electrons. The van der Waals surface area contributed by atoms with Crippen molar-refractivity contribution >= 4 is 11.8 Å². The van der Waals surface area contributed by atoms with Gasteiger partial charge < -0.3 is 4.98 Å². The van der Waals surface area contributed by atoms with Gasteiger partial charge in [-0.05, 0) is 25.5 Å². The van der Waals surface area contributed by atoms with Gasteiger partial charge in [-0.1, -0.05) is 23.9 Å². The van der Waals surface area contributed by atoms with Crippen molar-refractivity contribution in [1.29, 1.82) is 5.26 Å². The molecule has 18 heavy (non-hydrogen) atoms. The van der Waals surface area contributed by atoms with E-state index in [0.717, 1.165) is 10.5 Å². The predicted molar refractivity (Wildman–Crippen MR) is 69.6 cm³/mol. The first kappa shape index (κ1) is 12.4. The van der Waals surface area contributed by atoms with Crippen molar-refractivity contribution in [2.45, 2.75) is 23.9 Å². The first-order valence-corrected chi connectivity index (χ1v) is 6.17. The molecular weight excluding hydrogens is 246 g/mol. The Kier molecular flexibility index (Phi) is 3.49. The first-order chi connectivity index (χ1) is 8.60. The van der Waals surface area contributed by atoms with Gasteiger partial charge in [0.2, 0.25) is 0 Å². The van der Waals surface area contributed by atoms with Crippen LogP contribution in [0.15, 0.2) is 39.1 Å². The zero-order valence-electron chi connectivity index (χ0n) is 10.0. The molecule has 0 atom stereocenters. The van der Waals surface area contributed by atoms with Crippen LogP contribution >= 0.6 is 11.8 Å². The van der Waals surface area contributed by atoms with Gasteiger partial charge in [0, 0.05) is 16.7 Å². The maximum Gasteiger partial charge on any atom is 0.251 e. The highest BCUT2D eigenvalue weighted by Gasteiger charge is 2.09. The third-order valence-corrected chi connectivity index (χ3v) is 3.51. The minimum absolute atomic E-state index is 0.183. The van der Waals surface area contributed by atoms with E-state index in [9.17, 15) is 4.79 Å². The van der Waals surface area contributed by atoms with Gasteiger partial charge in [-0.3, -0.25) is 4.79 Å². The normalized spacial score (nSPS) is 10.1. The molecule has 0 aliphatic rings. The van der Waals surface area contributed by atoms with Crippen molar-refractivity contribution in [2.75, 3.05) is 0 Å². The third kappa shape index (κ3) is 2.60. The van der Waals surface area contributed by atoms with Crippen LogP contribution < -0.4 is 5.56 Å². The van der Waals surface area contributed by atoms with E-state index in [4.69, 9.17) is 5.26 Å². The summed E-state index contributed by atoms with van der Waals surface area (Å²) in [5.41, 5.74) is 2.05. The van der Waals surface area contributed by atoms with Crippen molar-refractivity contribution in [1.82, 2.24) is 9.97 Å². The summed E-state index contributed by atoms with van der Waals surface area (Å²) in [6.45, 7) is 3.69. The Morgan fingerprint density at radius 1 is 1.39 bits per heavy atom. The van der Waals surface area contributed by atoms with Crippen LogP contribution in [0.25, 0.3) is 0 Å². The molecule has 2 aromatic rings. The minimum atomic E-state index is -0.183. The summed E-state index contributed by atoms with van der Waals surface area (Å²) in [6, 6.07) is 9.10. The zero-order chi connectivity index (χ0) is 13.1. The lowest BCUT2D eigenvalue weighted by Gasteiger charge is -2.06. The highest BCUT2D eigenvalue weighted by molar-refractivity contribution is 7.99. The topological polar surface area (TPSA) is 69.5 Å². The summed E-state index contributed by atoms with van der Waals surface area (Å²) in [7, 11) is 0. The van der Waals surface area contributed by atoms with Gasteiger partial charge in [-0.2, -0.15) is 5.26 Å². The van der Waals surface area contributed by atoms with Crippen LogP contribution in [0.5, 0.6) is 0 Å². The average molecular weight is 257 g/mol. The highest BCUT2D eigenvalue weighted by atomic mass is 32.2. The molecule has 0 amide bonds. The number of benzene rings is 1. The number of aryl methyl sites for hydroxylation is 2. The minimum Gasteiger partial charge on any atom is -0.301 e. The second-order valence-corrected chi connectivity index (χ2v) is 4.86. The monoisotopic (exact) mass is 257 g/mol. The van der Waals surface area contributed by atoms with Crippen LogP contribution in [0.3, 0.4) is 0 Å². The van der Waals surface area contributed by atoms with Crippen molar-refractivity contribution in [2.24, 2.45) is 0 Å². The molecule has 0 saturated carbocycles. The molecule has 1 aromatic carbocycles. The van der Waals surface area contributed by atoms with E-state index in [2.05, 4.69) is 16.0 Å². The fourth-order valence-corrected chi connectivity index (χ4v) is 2.56. The van der Waals surface area contributed by atoms with Crippen LogP contribution in [0.1, 0.15) is 16.8 Å². The molecule has 5 heteroatoms. The van der Waals surface area contributed by atoms with Crippen LogP contribution in [0.4, 0.5) is 0 Å². The Labute approximate surface area is 109 Å². The van der Waals surface area contributed by atoms with E-state index in [1.807, 2.05) is 19.1 Å².